The molecule has 3 aromatic carbocycles. The molecule has 0 atom stereocenters. The van der Waals surface area contributed by atoms with E-state index in [1.807, 2.05) is 84.9 Å². The summed E-state index contributed by atoms with van der Waals surface area (Å²) in [4.78, 5) is 12.6. The van der Waals surface area contributed by atoms with Crippen LogP contribution < -0.4 is 15.4 Å². The van der Waals surface area contributed by atoms with Crippen LogP contribution in [-0.2, 0) is 0 Å². The van der Waals surface area contributed by atoms with Crippen molar-refractivity contribution in [2.24, 2.45) is 0 Å². The molecule has 1 aromatic heterocycles. The summed E-state index contributed by atoms with van der Waals surface area (Å²) in [6, 6.07) is 26.2. The smallest absolute Gasteiger partial charge is 0.324 e. The second kappa shape index (κ2) is 8.84. The Kier molecular flexibility index (Phi) is 5.81. The van der Waals surface area contributed by atoms with Crippen molar-refractivity contribution < 1.29 is 9.53 Å². The lowest BCUT2D eigenvalue weighted by molar-refractivity contribution is 0.262. The van der Waals surface area contributed by atoms with Crippen LogP contribution in [0.25, 0.3) is 16.9 Å². The zero-order chi connectivity index (χ0) is 20.9. The second-order valence-electron chi connectivity index (χ2n) is 6.48. The highest BCUT2D eigenvalue weighted by Crippen LogP contribution is 2.26. The van der Waals surface area contributed by atoms with Crippen LogP contribution >= 0.6 is 15.9 Å². The van der Waals surface area contributed by atoms with Crippen LogP contribution in [0.3, 0.4) is 0 Å². The van der Waals surface area contributed by atoms with Crippen LogP contribution in [0.2, 0.25) is 0 Å². The first-order valence-electron chi connectivity index (χ1n) is 9.26. The molecule has 4 rings (SSSR count). The third kappa shape index (κ3) is 4.52. The normalized spacial score (nSPS) is 10.5. The molecule has 30 heavy (non-hydrogen) atoms. The van der Waals surface area contributed by atoms with Gasteiger partial charge in [-0.3, -0.25) is 5.32 Å². The number of rotatable bonds is 5. The van der Waals surface area contributed by atoms with Gasteiger partial charge in [0.05, 0.1) is 18.5 Å². The van der Waals surface area contributed by atoms with Gasteiger partial charge in [0.1, 0.15) is 11.6 Å². The quantitative estimate of drug-likeness (QED) is 0.384. The minimum Gasteiger partial charge on any atom is -0.497 e. The Morgan fingerprint density at radius 1 is 0.933 bits per heavy atom. The third-order valence-corrected chi connectivity index (χ3v) is 4.91. The van der Waals surface area contributed by atoms with Crippen molar-refractivity contribution in [3.8, 4) is 22.7 Å². The summed E-state index contributed by atoms with van der Waals surface area (Å²) in [5, 5.41) is 10.4. The molecule has 1 heterocycles. The molecule has 2 N–H and O–H groups in total. The Morgan fingerprint density at radius 2 is 1.70 bits per heavy atom. The fourth-order valence-electron chi connectivity index (χ4n) is 2.99. The first-order chi connectivity index (χ1) is 14.6. The molecule has 0 aliphatic heterocycles. The first-order valence-corrected chi connectivity index (χ1v) is 10.1. The van der Waals surface area contributed by atoms with Gasteiger partial charge >= 0.3 is 6.03 Å². The van der Waals surface area contributed by atoms with Crippen LogP contribution in [0.4, 0.5) is 16.3 Å². The third-order valence-electron chi connectivity index (χ3n) is 4.42. The van der Waals surface area contributed by atoms with E-state index in [0.717, 1.165) is 27.2 Å². The highest BCUT2D eigenvalue weighted by atomic mass is 79.9. The summed E-state index contributed by atoms with van der Waals surface area (Å²) in [5.74, 6) is 1.29. The maximum Gasteiger partial charge on any atom is 0.324 e. The monoisotopic (exact) mass is 462 g/mol. The minimum absolute atomic E-state index is 0.359. The number of aromatic nitrogens is 2. The van der Waals surface area contributed by atoms with E-state index in [2.05, 4.69) is 26.6 Å². The summed E-state index contributed by atoms with van der Waals surface area (Å²) in [6.45, 7) is 0. The van der Waals surface area contributed by atoms with Crippen molar-refractivity contribution in [3.63, 3.8) is 0 Å². The van der Waals surface area contributed by atoms with Crippen molar-refractivity contribution >= 4 is 33.5 Å². The summed E-state index contributed by atoms with van der Waals surface area (Å²) in [7, 11) is 1.62. The van der Waals surface area contributed by atoms with Gasteiger partial charge in [0, 0.05) is 21.8 Å². The Hall–Kier alpha value is -3.58. The number of amides is 2. The fourth-order valence-corrected chi connectivity index (χ4v) is 3.38. The number of hydrogen-bond acceptors (Lipinski definition) is 3. The van der Waals surface area contributed by atoms with Gasteiger partial charge in [-0.05, 0) is 42.5 Å². The average molecular weight is 463 g/mol. The molecule has 0 saturated heterocycles. The number of urea groups is 1. The largest absolute Gasteiger partial charge is 0.497 e. The number of nitrogens with zero attached hydrogens (tertiary/aromatic N) is 2. The number of nitrogens with one attached hydrogen (secondary N) is 2. The highest BCUT2D eigenvalue weighted by Gasteiger charge is 2.14. The number of methoxy groups -OCH3 is 1. The lowest BCUT2D eigenvalue weighted by Gasteiger charge is -2.10. The molecular formula is C23H19BrN4O2. The van der Waals surface area contributed by atoms with E-state index in [9.17, 15) is 4.79 Å². The van der Waals surface area contributed by atoms with Crippen LogP contribution in [0.15, 0.2) is 89.4 Å². The predicted octanol–water partition coefficient (Wildman–Crippen LogP) is 5.95. The van der Waals surface area contributed by atoms with Crippen molar-refractivity contribution in [1.29, 1.82) is 0 Å². The Labute approximate surface area is 182 Å². The minimum atomic E-state index is -0.359. The van der Waals surface area contributed by atoms with E-state index in [-0.39, 0.29) is 6.03 Å². The van der Waals surface area contributed by atoms with E-state index in [0.29, 0.717) is 11.5 Å². The van der Waals surface area contributed by atoms with Crippen molar-refractivity contribution in [3.05, 3.63) is 89.4 Å². The van der Waals surface area contributed by atoms with Crippen molar-refractivity contribution in [1.82, 2.24) is 9.78 Å². The average Bonchev–Trinajstić information content (AvgIpc) is 3.18. The maximum absolute atomic E-state index is 12.6. The number of anilines is 2. The molecule has 2 amide bonds. The fraction of sp³-hybridized carbons (Fsp3) is 0.0435. The molecule has 0 fully saturated rings. The molecule has 0 radical (unpaired) electrons. The lowest BCUT2D eigenvalue weighted by atomic mass is 10.2. The zero-order valence-electron chi connectivity index (χ0n) is 16.2. The van der Waals surface area contributed by atoms with E-state index >= 15 is 0 Å². The van der Waals surface area contributed by atoms with E-state index in [1.165, 1.54) is 0 Å². The van der Waals surface area contributed by atoms with Crippen LogP contribution in [0, 0.1) is 0 Å². The number of halogens is 1. The van der Waals surface area contributed by atoms with Gasteiger partial charge in [-0.1, -0.05) is 52.3 Å². The molecule has 0 aliphatic carbocycles. The summed E-state index contributed by atoms with van der Waals surface area (Å²) >= 11 is 3.41. The van der Waals surface area contributed by atoms with Crippen LogP contribution in [0.5, 0.6) is 5.75 Å². The van der Waals surface area contributed by atoms with Crippen LogP contribution in [-0.4, -0.2) is 22.9 Å². The molecule has 0 bridgehead atoms. The number of carbonyl (C=O) groups excluding carboxylic acids is 1. The highest BCUT2D eigenvalue weighted by molar-refractivity contribution is 9.10. The van der Waals surface area contributed by atoms with Gasteiger partial charge < -0.3 is 10.1 Å². The molecule has 0 aliphatic rings. The maximum atomic E-state index is 12.6. The van der Waals surface area contributed by atoms with E-state index < -0.39 is 0 Å². The Bertz CT molecular complexity index is 1160. The Balaban J connectivity index is 1.65. The molecule has 0 spiro atoms. The van der Waals surface area contributed by atoms with Gasteiger partial charge in [-0.2, -0.15) is 5.10 Å². The lowest BCUT2D eigenvalue weighted by Crippen LogP contribution is -2.21. The molecule has 0 unspecified atom stereocenters. The predicted molar refractivity (Wildman–Crippen MR) is 122 cm³/mol. The van der Waals surface area contributed by atoms with Gasteiger partial charge in [0.25, 0.3) is 0 Å². The van der Waals surface area contributed by atoms with E-state index in [4.69, 9.17) is 9.84 Å². The summed E-state index contributed by atoms with van der Waals surface area (Å²) in [6.07, 6.45) is 0. The van der Waals surface area contributed by atoms with Crippen molar-refractivity contribution in [2.45, 2.75) is 0 Å². The SMILES string of the molecule is COc1ccc(-n2nc(-c3ccccc3)cc2NC(=O)Nc2cccc(Br)c2)cc1. The summed E-state index contributed by atoms with van der Waals surface area (Å²) in [5.41, 5.74) is 3.20. The molecule has 0 saturated carbocycles. The topological polar surface area (TPSA) is 68.2 Å². The number of carbonyl (C=O) groups is 1. The number of benzene rings is 3. The number of hydrogen-bond donors (Lipinski definition) is 2. The molecule has 6 nitrogen and oxygen atoms in total. The van der Waals surface area contributed by atoms with Gasteiger partial charge in [-0.25, -0.2) is 9.48 Å². The second-order valence-corrected chi connectivity index (χ2v) is 7.40. The van der Waals surface area contributed by atoms with Gasteiger partial charge in [-0.15, -0.1) is 0 Å². The van der Waals surface area contributed by atoms with Crippen molar-refractivity contribution in [2.75, 3.05) is 17.7 Å². The number of ether oxygens (including phenoxy) is 1. The standard InChI is InChI=1S/C23H19BrN4O2/c1-30-20-12-10-19(11-13-20)28-22(15-21(27-28)16-6-3-2-4-7-16)26-23(29)25-18-9-5-8-17(24)14-18/h2-15H,1H3,(H2,25,26,29). The Morgan fingerprint density at radius 3 is 2.40 bits per heavy atom. The van der Waals surface area contributed by atoms with Gasteiger partial charge in [0.2, 0.25) is 0 Å². The summed E-state index contributed by atoms with van der Waals surface area (Å²) < 4.78 is 7.82. The van der Waals surface area contributed by atoms with E-state index in [1.54, 1.807) is 11.8 Å². The zero-order valence-corrected chi connectivity index (χ0v) is 17.8. The first kappa shape index (κ1) is 19.7. The molecule has 150 valence electrons. The molecule has 4 aromatic rings. The molecular weight excluding hydrogens is 444 g/mol. The van der Waals surface area contributed by atoms with Gasteiger partial charge in [0.15, 0.2) is 0 Å². The molecule has 7 heteroatoms. The van der Waals surface area contributed by atoms with Crippen LogP contribution in [0.1, 0.15) is 0 Å².